The lowest BCUT2D eigenvalue weighted by molar-refractivity contribution is -0.153. The van der Waals surface area contributed by atoms with Crippen LogP contribution in [-0.4, -0.2) is 105 Å². The predicted molar refractivity (Wildman–Crippen MR) is 145 cm³/mol. The first-order valence-corrected chi connectivity index (χ1v) is 13.6. The van der Waals surface area contributed by atoms with Gasteiger partial charge in [-0.05, 0) is 30.5 Å². The molecule has 222 valence electrons. The number of nitrogens with zero attached hydrogens (tertiary/aromatic N) is 3. The van der Waals surface area contributed by atoms with Gasteiger partial charge in [0.05, 0.1) is 18.8 Å². The highest BCUT2D eigenvalue weighted by Crippen LogP contribution is 2.39. The number of benzene rings is 2. The summed E-state index contributed by atoms with van der Waals surface area (Å²) in [5, 5.41) is 32.3. The van der Waals surface area contributed by atoms with Crippen molar-refractivity contribution in [3.05, 3.63) is 59.2 Å². The SMILES string of the molecule is CCN1CCN(C(=O)N[C@@H](C(=O)N2CC(Oc3ccc4c(c3C(=O)O)O[B-](O)(O)CC4)C2)c2ccccc2)C(=O)C1=O. The van der Waals surface area contributed by atoms with E-state index >= 15 is 0 Å². The second-order valence-corrected chi connectivity index (χ2v) is 10.4. The molecular weight excluding hydrogens is 551 g/mol. The minimum absolute atomic E-state index is 0.00915. The summed E-state index contributed by atoms with van der Waals surface area (Å²) in [6.07, 6.45) is -0.444. The molecule has 3 heterocycles. The Bertz CT molecular complexity index is 1430. The Hall–Kier alpha value is -4.63. The Balaban J connectivity index is 1.28. The highest BCUT2D eigenvalue weighted by Gasteiger charge is 2.41. The van der Waals surface area contributed by atoms with E-state index in [0.717, 1.165) is 4.90 Å². The summed E-state index contributed by atoms with van der Waals surface area (Å²) in [5.74, 6) is -3.83. The number of likely N-dealkylation sites (N-methyl/N-ethyl adjacent to an activating group) is 1. The number of piperazine rings is 1. The van der Waals surface area contributed by atoms with Crippen LogP contribution < -0.4 is 14.7 Å². The first kappa shape index (κ1) is 28.9. The number of urea groups is 1. The highest BCUT2D eigenvalue weighted by molar-refractivity contribution is 6.59. The molecule has 15 heteroatoms. The van der Waals surface area contributed by atoms with Crippen molar-refractivity contribution in [2.45, 2.75) is 31.8 Å². The molecule has 0 radical (unpaired) electrons. The number of aryl methyl sites for hydroxylation is 1. The van der Waals surface area contributed by atoms with Crippen LogP contribution in [0.5, 0.6) is 11.5 Å². The van der Waals surface area contributed by atoms with Gasteiger partial charge in [-0.1, -0.05) is 42.7 Å². The predicted octanol–water partition coefficient (Wildman–Crippen LogP) is -0.0256. The molecule has 4 N–H and O–H groups in total. The van der Waals surface area contributed by atoms with E-state index < -0.39 is 48.6 Å². The summed E-state index contributed by atoms with van der Waals surface area (Å²) in [4.78, 5) is 67.0. The molecule has 0 unspecified atom stereocenters. The first-order chi connectivity index (χ1) is 20.0. The molecule has 0 spiro atoms. The molecule has 0 bridgehead atoms. The number of carbonyl (C=O) groups is 5. The normalized spacial score (nSPS) is 18.9. The van der Waals surface area contributed by atoms with Gasteiger partial charge in [-0.2, -0.15) is 0 Å². The third-order valence-electron chi connectivity index (χ3n) is 7.55. The molecule has 2 saturated heterocycles. The Morgan fingerprint density at radius 3 is 2.45 bits per heavy atom. The fraction of sp³-hybridized carbons (Fsp3) is 0.370. The lowest BCUT2D eigenvalue weighted by Crippen LogP contribution is -2.61. The number of nitrogens with one attached hydrogen (secondary N) is 1. The third-order valence-corrected chi connectivity index (χ3v) is 7.55. The maximum absolute atomic E-state index is 13.5. The monoisotopic (exact) mass is 581 g/mol. The second-order valence-electron chi connectivity index (χ2n) is 10.4. The fourth-order valence-corrected chi connectivity index (χ4v) is 5.19. The average molecular weight is 581 g/mol. The van der Waals surface area contributed by atoms with E-state index in [-0.39, 0.29) is 56.0 Å². The van der Waals surface area contributed by atoms with Gasteiger partial charge in [-0.25, -0.2) is 9.59 Å². The van der Waals surface area contributed by atoms with Gasteiger partial charge in [0.25, 0.3) is 0 Å². The molecule has 0 saturated carbocycles. The lowest BCUT2D eigenvalue weighted by atomic mass is 9.70. The van der Waals surface area contributed by atoms with E-state index in [0.29, 0.717) is 17.7 Å². The zero-order valence-corrected chi connectivity index (χ0v) is 22.8. The van der Waals surface area contributed by atoms with Gasteiger partial charge in [-0.3, -0.25) is 19.3 Å². The molecule has 5 rings (SSSR count). The highest BCUT2D eigenvalue weighted by atomic mass is 16.6. The van der Waals surface area contributed by atoms with Crippen molar-refractivity contribution in [3.63, 3.8) is 0 Å². The van der Waals surface area contributed by atoms with Crippen LogP contribution in [0.3, 0.4) is 0 Å². The number of carboxylic acid groups (broad SMARTS) is 1. The molecule has 2 aromatic carbocycles. The van der Waals surface area contributed by atoms with Gasteiger partial charge in [0.1, 0.15) is 23.5 Å². The largest absolute Gasteiger partial charge is 0.669 e. The number of ether oxygens (including phenoxy) is 1. The first-order valence-electron chi connectivity index (χ1n) is 13.6. The fourth-order valence-electron chi connectivity index (χ4n) is 5.19. The molecule has 0 aromatic heterocycles. The van der Waals surface area contributed by atoms with E-state index in [9.17, 15) is 39.1 Å². The van der Waals surface area contributed by atoms with Gasteiger partial charge in [0, 0.05) is 19.6 Å². The Kier molecular flexibility index (Phi) is 7.80. The lowest BCUT2D eigenvalue weighted by Gasteiger charge is -2.42. The quantitative estimate of drug-likeness (QED) is 0.256. The summed E-state index contributed by atoms with van der Waals surface area (Å²) >= 11 is 0. The van der Waals surface area contributed by atoms with Gasteiger partial charge >= 0.3 is 30.6 Å². The Morgan fingerprint density at radius 2 is 1.79 bits per heavy atom. The Labute approximate surface area is 240 Å². The van der Waals surface area contributed by atoms with Crippen LogP contribution >= 0.6 is 0 Å². The van der Waals surface area contributed by atoms with Crippen LogP contribution in [-0.2, 0) is 20.8 Å². The standard InChI is InChI=1S/C27H30BN4O10/c1-2-30-12-13-32(25(35)24(30)34)27(38)29-21(16-6-4-3-5-7-16)23(33)31-14-18(15-31)41-19-9-8-17-10-11-28(39,40)42-22(17)20(19)26(36)37/h3-9,18,21,39-40H,2,10-15H2,1H3,(H,29,38)(H,36,37)/q-1/t21-/m1/s1. The van der Waals surface area contributed by atoms with Crippen LogP contribution in [0.1, 0.15) is 34.5 Å². The van der Waals surface area contributed by atoms with E-state index in [2.05, 4.69) is 5.32 Å². The number of carbonyl (C=O) groups excluding carboxylic acids is 4. The minimum atomic E-state index is -3.20. The zero-order valence-electron chi connectivity index (χ0n) is 22.8. The van der Waals surface area contributed by atoms with Crippen molar-refractivity contribution < 1.29 is 48.5 Å². The van der Waals surface area contributed by atoms with Crippen molar-refractivity contribution >= 4 is 36.5 Å². The molecular formula is C27H30BN4O10-. The van der Waals surface area contributed by atoms with Crippen molar-refractivity contribution in [3.8, 4) is 11.5 Å². The number of hydrogen-bond donors (Lipinski definition) is 4. The number of amides is 5. The molecule has 5 amide bonds. The Morgan fingerprint density at radius 1 is 1.07 bits per heavy atom. The smallest absolute Gasteiger partial charge is 0.430 e. The summed E-state index contributed by atoms with van der Waals surface area (Å²) in [7, 11) is 0. The number of rotatable bonds is 7. The van der Waals surface area contributed by atoms with Crippen LogP contribution in [0.15, 0.2) is 42.5 Å². The van der Waals surface area contributed by atoms with Crippen LogP contribution in [0.25, 0.3) is 0 Å². The van der Waals surface area contributed by atoms with Gasteiger partial charge in [-0.15, -0.1) is 0 Å². The van der Waals surface area contributed by atoms with E-state index in [4.69, 9.17) is 9.39 Å². The number of fused-ring (bicyclic) bond motifs is 1. The molecule has 2 aromatic rings. The van der Waals surface area contributed by atoms with Gasteiger partial charge in [0.2, 0.25) is 5.91 Å². The molecule has 42 heavy (non-hydrogen) atoms. The van der Waals surface area contributed by atoms with E-state index in [1.54, 1.807) is 43.3 Å². The number of hydrogen-bond acceptors (Lipinski definition) is 9. The molecule has 3 aliphatic rings. The van der Waals surface area contributed by atoms with Crippen molar-refractivity contribution in [1.29, 1.82) is 0 Å². The molecule has 14 nitrogen and oxygen atoms in total. The summed E-state index contributed by atoms with van der Waals surface area (Å²) in [6.45, 7) is -0.824. The number of likely N-dealkylation sites (tertiary alicyclic amines) is 1. The molecule has 2 fully saturated rings. The molecule has 0 aliphatic carbocycles. The minimum Gasteiger partial charge on any atom is -0.669 e. The van der Waals surface area contributed by atoms with Gasteiger partial charge < -0.3 is 39.7 Å². The van der Waals surface area contributed by atoms with E-state index in [1.165, 1.54) is 15.9 Å². The second kappa shape index (κ2) is 11.3. The molecule has 3 aliphatic heterocycles. The number of aromatic carboxylic acids is 1. The topological polar surface area (TPSA) is 186 Å². The van der Waals surface area contributed by atoms with Gasteiger partial charge in [0.15, 0.2) is 0 Å². The van der Waals surface area contributed by atoms with Crippen LogP contribution in [0.4, 0.5) is 4.79 Å². The molecule has 1 atom stereocenters. The number of carboxylic acids is 1. The summed E-state index contributed by atoms with van der Waals surface area (Å²) < 4.78 is 11.1. The summed E-state index contributed by atoms with van der Waals surface area (Å²) in [5.41, 5.74) is 0.621. The van der Waals surface area contributed by atoms with Crippen LogP contribution in [0.2, 0.25) is 6.32 Å². The number of imide groups is 1. The summed E-state index contributed by atoms with van der Waals surface area (Å²) in [6, 6.07) is 9.45. The van der Waals surface area contributed by atoms with Crippen molar-refractivity contribution in [2.24, 2.45) is 0 Å². The maximum Gasteiger partial charge on any atom is 0.430 e. The van der Waals surface area contributed by atoms with Crippen molar-refractivity contribution in [1.82, 2.24) is 20.0 Å². The average Bonchev–Trinajstić information content (AvgIpc) is 2.93. The maximum atomic E-state index is 13.5. The van der Waals surface area contributed by atoms with Crippen LogP contribution in [0, 0.1) is 0 Å². The third kappa shape index (κ3) is 5.60. The van der Waals surface area contributed by atoms with E-state index in [1.807, 2.05) is 0 Å². The van der Waals surface area contributed by atoms with Crippen molar-refractivity contribution in [2.75, 3.05) is 32.7 Å². The zero-order chi connectivity index (χ0) is 30.2.